The lowest BCUT2D eigenvalue weighted by Crippen LogP contribution is -2.23. The first-order valence-corrected chi connectivity index (χ1v) is 7.75. The lowest BCUT2D eigenvalue weighted by atomic mass is 10.1. The molecule has 0 radical (unpaired) electrons. The molecule has 0 aromatic heterocycles. The van der Waals surface area contributed by atoms with Crippen molar-refractivity contribution in [1.82, 2.24) is 5.32 Å². The summed E-state index contributed by atoms with van der Waals surface area (Å²) >= 11 is 6.73. The molecule has 0 atom stereocenters. The Morgan fingerprint density at radius 2 is 2.00 bits per heavy atom. The molecule has 0 saturated carbocycles. The van der Waals surface area contributed by atoms with Crippen molar-refractivity contribution in [3.63, 3.8) is 0 Å². The Hall–Kier alpha value is -1.53. The maximum absolute atomic E-state index is 12.2. The largest absolute Gasteiger partial charge is 0.496 e. The van der Waals surface area contributed by atoms with Crippen LogP contribution in [0.5, 0.6) is 5.75 Å². The summed E-state index contributed by atoms with van der Waals surface area (Å²) in [5.74, 6) is 0.519. The molecule has 2 aromatic rings. The number of hydrogen-bond donors (Lipinski definition) is 2. The van der Waals surface area contributed by atoms with E-state index in [0.29, 0.717) is 23.5 Å². The van der Waals surface area contributed by atoms with E-state index in [1.165, 1.54) is 0 Å². The van der Waals surface area contributed by atoms with Crippen LogP contribution in [0.3, 0.4) is 0 Å². The van der Waals surface area contributed by atoms with Gasteiger partial charge in [0.2, 0.25) is 0 Å². The van der Waals surface area contributed by atoms with Gasteiger partial charge < -0.3 is 15.8 Å². The third kappa shape index (κ3) is 3.98. The van der Waals surface area contributed by atoms with Gasteiger partial charge in [-0.25, -0.2) is 0 Å². The molecule has 3 N–H and O–H groups in total. The number of methoxy groups -OCH3 is 1. The summed E-state index contributed by atoms with van der Waals surface area (Å²) in [5.41, 5.74) is 7.78. The van der Waals surface area contributed by atoms with Crippen LogP contribution < -0.4 is 15.8 Å². The SMILES string of the molecule is COc1ccc(N)cc1CNC(=O)c1cc(Br)ccc1Br. The number of anilines is 1. The zero-order valence-electron chi connectivity index (χ0n) is 11.3. The number of ether oxygens (including phenoxy) is 1. The predicted molar refractivity (Wildman–Crippen MR) is 90.4 cm³/mol. The molecular weight excluding hydrogens is 400 g/mol. The second-order valence-electron chi connectivity index (χ2n) is 4.38. The van der Waals surface area contributed by atoms with Gasteiger partial charge >= 0.3 is 0 Å². The van der Waals surface area contributed by atoms with Crippen LogP contribution >= 0.6 is 31.9 Å². The molecule has 0 heterocycles. The van der Waals surface area contributed by atoms with Crippen molar-refractivity contribution in [1.29, 1.82) is 0 Å². The van der Waals surface area contributed by atoms with Crippen molar-refractivity contribution in [3.8, 4) is 5.75 Å². The fourth-order valence-corrected chi connectivity index (χ4v) is 2.67. The molecule has 0 aliphatic rings. The van der Waals surface area contributed by atoms with Crippen LogP contribution in [-0.4, -0.2) is 13.0 Å². The number of nitrogens with two attached hydrogens (primary N) is 1. The highest BCUT2D eigenvalue weighted by atomic mass is 79.9. The van der Waals surface area contributed by atoms with E-state index in [2.05, 4.69) is 37.2 Å². The summed E-state index contributed by atoms with van der Waals surface area (Å²) in [6, 6.07) is 10.8. The fourth-order valence-electron chi connectivity index (χ4n) is 1.88. The lowest BCUT2D eigenvalue weighted by molar-refractivity contribution is 0.0950. The smallest absolute Gasteiger partial charge is 0.252 e. The van der Waals surface area contributed by atoms with Crippen LogP contribution in [0.4, 0.5) is 5.69 Å². The number of rotatable bonds is 4. The molecule has 110 valence electrons. The normalized spacial score (nSPS) is 10.2. The number of halogens is 2. The monoisotopic (exact) mass is 412 g/mol. The Morgan fingerprint density at radius 3 is 2.71 bits per heavy atom. The van der Waals surface area contributed by atoms with E-state index in [0.717, 1.165) is 14.5 Å². The Morgan fingerprint density at radius 1 is 1.24 bits per heavy atom. The zero-order valence-corrected chi connectivity index (χ0v) is 14.5. The average molecular weight is 414 g/mol. The summed E-state index contributed by atoms with van der Waals surface area (Å²) in [6.07, 6.45) is 0. The van der Waals surface area contributed by atoms with E-state index in [1.807, 2.05) is 12.1 Å². The molecule has 0 fully saturated rings. The molecule has 4 nitrogen and oxygen atoms in total. The molecule has 6 heteroatoms. The van der Waals surface area contributed by atoms with Crippen LogP contribution in [0, 0.1) is 0 Å². The van der Waals surface area contributed by atoms with Crippen LogP contribution in [-0.2, 0) is 6.54 Å². The molecule has 0 bridgehead atoms. The molecule has 0 spiro atoms. The van der Waals surface area contributed by atoms with Crippen molar-refractivity contribution in [2.24, 2.45) is 0 Å². The highest BCUT2D eigenvalue weighted by Gasteiger charge is 2.11. The van der Waals surface area contributed by atoms with Crippen molar-refractivity contribution in [3.05, 3.63) is 56.5 Å². The number of carbonyl (C=O) groups excluding carboxylic acids is 1. The zero-order chi connectivity index (χ0) is 15.4. The van der Waals surface area contributed by atoms with Gasteiger partial charge in [-0.15, -0.1) is 0 Å². The van der Waals surface area contributed by atoms with E-state index in [9.17, 15) is 4.79 Å². The number of amides is 1. The highest BCUT2D eigenvalue weighted by Crippen LogP contribution is 2.23. The maximum Gasteiger partial charge on any atom is 0.252 e. The second kappa shape index (κ2) is 6.95. The van der Waals surface area contributed by atoms with Gasteiger partial charge in [-0.2, -0.15) is 0 Å². The van der Waals surface area contributed by atoms with E-state index < -0.39 is 0 Å². The molecule has 2 aromatic carbocycles. The highest BCUT2D eigenvalue weighted by molar-refractivity contribution is 9.11. The minimum absolute atomic E-state index is 0.173. The second-order valence-corrected chi connectivity index (χ2v) is 6.15. The molecular formula is C15H14Br2N2O2. The number of hydrogen-bond acceptors (Lipinski definition) is 3. The Bertz CT molecular complexity index is 675. The van der Waals surface area contributed by atoms with Gasteiger partial charge in [-0.3, -0.25) is 4.79 Å². The lowest BCUT2D eigenvalue weighted by Gasteiger charge is -2.11. The number of nitrogen functional groups attached to an aromatic ring is 1. The third-order valence-corrected chi connectivity index (χ3v) is 4.10. The first-order valence-electron chi connectivity index (χ1n) is 6.17. The predicted octanol–water partition coefficient (Wildman–Crippen LogP) is 3.73. The molecule has 0 aliphatic carbocycles. The van der Waals surface area contributed by atoms with E-state index in [-0.39, 0.29) is 5.91 Å². The maximum atomic E-state index is 12.2. The first kappa shape index (κ1) is 15.9. The summed E-state index contributed by atoms with van der Waals surface area (Å²) in [5, 5.41) is 2.86. The van der Waals surface area contributed by atoms with Crippen LogP contribution in [0.25, 0.3) is 0 Å². The van der Waals surface area contributed by atoms with Gasteiger partial charge in [-0.1, -0.05) is 15.9 Å². The molecule has 1 amide bonds. The average Bonchev–Trinajstić information content (AvgIpc) is 2.47. The molecule has 21 heavy (non-hydrogen) atoms. The Kier molecular flexibility index (Phi) is 5.25. The van der Waals surface area contributed by atoms with Gasteiger partial charge in [0.05, 0.1) is 12.7 Å². The minimum atomic E-state index is -0.173. The van der Waals surface area contributed by atoms with Crippen LogP contribution in [0.2, 0.25) is 0 Å². The molecule has 0 saturated heterocycles. The van der Waals surface area contributed by atoms with Gasteiger partial charge in [0.25, 0.3) is 5.91 Å². The van der Waals surface area contributed by atoms with Crippen LogP contribution in [0.15, 0.2) is 45.3 Å². The summed E-state index contributed by atoms with van der Waals surface area (Å²) in [7, 11) is 1.59. The Labute approximate surface area is 139 Å². The van der Waals surface area contributed by atoms with Gasteiger partial charge in [0.15, 0.2) is 0 Å². The van der Waals surface area contributed by atoms with Crippen molar-refractivity contribution >= 4 is 43.5 Å². The Balaban J connectivity index is 2.14. The van der Waals surface area contributed by atoms with Crippen molar-refractivity contribution < 1.29 is 9.53 Å². The number of carbonyl (C=O) groups is 1. The standard InChI is InChI=1S/C15H14Br2N2O2/c1-21-14-5-3-11(18)6-9(14)8-19-15(20)12-7-10(16)2-4-13(12)17/h2-7H,8,18H2,1H3,(H,19,20). The van der Waals surface area contributed by atoms with E-state index in [4.69, 9.17) is 10.5 Å². The van der Waals surface area contributed by atoms with Crippen molar-refractivity contribution in [2.45, 2.75) is 6.54 Å². The molecule has 0 aliphatic heterocycles. The van der Waals surface area contributed by atoms with Gasteiger partial charge in [0, 0.05) is 26.7 Å². The third-order valence-electron chi connectivity index (χ3n) is 2.92. The molecule has 0 unspecified atom stereocenters. The number of benzene rings is 2. The fraction of sp³-hybridized carbons (Fsp3) is 0.133. The van der Waals surface area contributed by atoms with Crippen LogP contribution in [0.1, 0.15) is 15.9 Å². The summed E-state index contributed by atoms with van der Waals surface area (Å²) in [6.45, 7) is 0.339. The quantitative estimate of drug-likeness (QED) is 0.750. The number of nitrogens with one attached hydrogen (secondary N) is 1. The van der Waals surface area contributed by atoms with E-state index in [1.54, 1.807) is 31.4 Å². The molecule has 2 rings (SSSR count). The van der Waals surface area contributed by atoms with Gasteiger partial charge in [-0.05, 0) is 52.3 Å². The van der Waals surface area contributed by atoms with Gasteiger partial charge in [0.1, 0.15) is 5.75 Å². The summed E-state index contributed by atoms with van der Waals surface area (Å²) in [4.78, 5) is 12.2. The van der Waals surface area contributed by atoms with Crippen molar-refractivity contribution in [2.75, 3.05) is 12.8 Å². The summed E-state index contributed by atoms with van der Waals surface area (Å²) < 4.78 is 6.84. The minimum Gasteiger partial charge on any atom is -0.496 e. The first-order chi connectivity index (χ1) is 10.0. The topological polar surface area (TPSA) is 64.3 Å². The van der Waals surface area contributed by atoms with E-state index >= 15 is 0 Å².